The highest BCUT2D eigenvalue weighted by Gasteiger charge is 2.01. The van der Waals surface area contributed by atoms with Crippen LogP contribution in [-0.2, 0) is 6.42 Å². The molecule has 5 heteroatoms. The van der Waals surface area contributed by atoms with Gasteiger partial charge in [-0.2, -0.15) is 0 Å². The molecule has 2 N–H and O–H groups in total. The van der Waals surface area contributed by atoms with Crippen LogP contribution in [0.1, 0.15) is 24.5 Å². The van der Waals surface area contributed by atoms with E-state index in [-0.39, 0.29) is 29.8 Å². The summed E-state index contributed by atoms with van der Waals surface area (Å²) in [4.78, 5) is 4.13. The lowest BCUT2D eigenvalue weighted by Gasteiger charge is -2.12. The van der Waals surface area contributed by atoms with Gasteiger partial charge in [-0.3, -0.25) is 4.99 Å². The topological polar surface area (TPSA) is 36.4 Å². The van der Waals surface area contributed by atoms with E-state index in [2.05, 4.69) is 22.5 Å². The summed E-state index contributed by atoms with van der Waals surface area (Å²) in [5, 5.41) is 6.45. The summed E-state index contributed by atoms with van der Waals surface area (Å²) < 4.78 is 12.9. The number of nitrogens with zero attached hydrogens (tertiary/aromatic N) is 1. The van der Waals surface area contributed by atoms with Gasteiger partial charge in [0.2, 0.25) is 0 Å². The van der Waals surface area contributed by atoms with Crippen LogP contribution in [0.4, 0.5) is 4.39 Å². The molecule has 0 heterocycles. The molecule has 0 unspecified atom stereocenters. The summed E-state index contributed by atoms with van der Waals surface area (Å²) in [6, 6.07) is 4.92. The lowest BCUT2D eigenvalue weighted by Crippen LogP contribution is -2.38. The highest BCUT2D eigenvalue weighted by atomic mass is 127. The Morgan fingerprint density at radius 1 is 1.26 bits per heavy atom. The van der Waals surface area contributed by atoms with Crippen LogP contribution in [0.2, 0.25) is 0 Å². The fourth-order valence-corrected chi connectivity index (χ4v) is 1.72. The maximum atomic E-state index is 12.9. The highest BCUT2D eigenvalue weighted by molar-refractivity contribution is 14.0. The number of guanidine groups is 1. The van der Waals surface area contributed by atoms with Gasteiger partial charge in [-0.1, -0.05) is 13.0 Å². The van der Waals surface area contributed by atoms with Gasteiger partial charge in [0, 0.05) is 20.1 Å². The Labute approximate surface area is 132 Å². The van der Waals surface area contributed by atoms with E-state index in [4.69, 9.17) is 0 Å². The molecule has 108 valence electrons. The van der Waals surface area contributed by atoms with Crippen LogP contribution in [0.15, 0.2) is 23.2 Å². The summed E-state index contributed by atoms with van der Waals surface area (Å²) >= 11 is 0. The van der Waals surface area contributed by atoms with Crippen molar-refractivity contribution in [1.29, 1.82) is 0 Å². The van der Waals surface area contributed by atoms with E-state index in [0.29, 0.717) is 0 Å². The predicted molar refractivity (Wildman–Crippen MR) is 89.9 cm³/mol. The van der Waals surface area contributed by atoms with Crippen LogP contribution < -0.4 is 10.6 Å². The Kier molecular flexibility index (Phi) is 9.55. The summed E-state index contributed by atoms with van der Waals surface area (Å²) in [5.41, 5.74) is 2.16. The summed E-state index contributed by atoms with van der Waals surface area (Å²) in [6.45, 7) is 5.75. The second kappa shape index (κ2) is 10.00. The molecule has 0 aliphatic carbocycles. The van der Waals surface area contributed by atoms with Gasteiger partial charge < -0.3 is 10.6 Å². The van der Waals surface area contributed by atoms with Gasteiger partial charge in [0.25, 0.3) is 0 Å². The van der Waals surface area contributed by atoms with E-state index in [9.17, 15) is 4.39 Å². The Bertz CT molecular complexity index is 408. The highest BCUT2D eigenvalue weighted by Crippen LogP contribution is 2.10. The Hall–Kier alpha value is -0.850. The van der Waals surface area contributed by atoms with E-state index in [1.165, 1.54) is 6.07 Å². The molecule has 0 amide bonds. The van der Waals surface area contributed by atoms with Crippen molar-refractivity contribution in [2.75, 3.05) is 20.1 Å². The van der Waals surface area contributed by atoms with Crippen molar-refractivity contribution in [3.05, 3.63) is 35.1 Å². The lowest BCUT2D eigenvalue weighted by molar-refractivity contribution is 0.625. The Morgan fingerprint density at radius 3 is 2.53 bits per heavy atom. The zero-order valence-electron chi connectivity index (χ0n) is 11.8. The monoisotopic (exact) mass is 379 g/mol. The molecule has 0 saturated heterocycles. The number of benzene rings is 1. The number of hydrogen-bond donors (Lipinski definition) is 2. The molecule has 0 atom stereocenters. The average molecular weight is 379 g/mol. The molecule has 0 aliphatic heterocycles. The summed E-state index contributed by atoms with van der Waals surface area (Å²) in [6.07, 6.45) is 1.93. The van der Waals surface area contributed by atoms with Crippen LogP contribution in [0.3, 0.4) is 0 Å². The number of aryl methyl sites for hydroxylation is 1. The first-order valence-corrected chi connectivity index (χ1v) is 6.37. The van der Waals surface area contributed by atoms with Crippen molar-refractivity contribution < 1.29 is 4.39 Å². The van der Waals surface area contributed by atoms with E-state index in [0.717, 1.165) is 43.0 Å². The normalized spacial score (nSPS) is 10.8. The number of nitrogens with one attached hydrogen (secondary N) is 2. The molecular formula is C14H23FIN3. The lowest BCUT2D eigenvalue weighted by atomic mass is 10.1. The first-order chi connectivity index (χ1) is 8.67. The second-order valence-corrected chi connectivity index (χ2v) is 4.25. The van der Waals surface area contributed by atoms with Gasteiger partial charge >= 0.3 is 0 Å². The second-order valence-electron chi connectivity index (χ2n) is 4.25. The van der Waals surface area contributed by atoms with Crippen LogP contribution >= 0.6 is 24.0 Å². The van der Waals surface area contributed by atoms with E-state index < -0.39 is 0 Å². The van der Waals surface area contributed by atoms with Crippen molar-refractivity contribution in [3.63, 3.8) is 0 Å². The van der Waals surface area contributed by atoms with Crippen molar-refractivity contribution in [2.24, 2.45) is 4.99 Å². The largest absolute Gasteiger partial charge is 0.356 e. The van der Waals surface area contributed by atoms with Gasteiger partial charge in [0.05, 0.1) is 0 Å². The number of rotatable bonds is 5. The fraction of sp³-hybridized carbons (Fsp3) is 0.500. The molecule has 0 bridgehead atoms. The Balaban J connectivity index is 0.00000324. The molecule has 0 spiro atoms. The third-order valence-electron chi connectivity index (χ3n) is 2.76. The molecule has 19 heavy (non-hydrogen) atoms. The van der Waals surface area contributed by atoms with Crippen molar-refractivity contribution in [2.45, 2.75) is 26.7 Å². The Morgan fingerprint density at radius 2 is 1.95 bits per heavy atom. The summed E-state index contributed by atoms with van der Waals surface area (Å²) in [7, 11) is 1.76. The maximum Gasteiger partial charge on any atom is 0.190 e. The summed E-state index contributed by atoms with van der Waals surface area (Å²) in [5.74, 6) is 0.640. The quantitative estimate of drug-likeness (QED) is 0.469. The minimum atomic E-state index is -0.176. The molecule has 1 aromatic carbocycles. The first kappa shape index (κ1) is 18.1. The average Bonchev–Trinajstić information content (AvgIpc) is 2.36. The predicted octanol–water partition coefficient (Wildman–Crippen LogP) is 2.87. The van der Waals surface area contributed by atoms with Gasteiger partial charge in [-0.15, -0.1) is 24.0 Å². The van der Waals surface area contributed by atoms with Gasteiger partial charge in [-0.25, -0.2) is 4.39 Å². The zero-order chi connectivity index (χ0) is 13.4. The van der Waals surface area contributed by atoms with Crippen LogP contribution in [0.25, 0.3) is 0 Å². The standard InChI is InChI=1S/C14H22FN3.HI/c1-4-8-17-14(16-3)18-9-7-12-5-6-13(15)10-11(12)2;/h5-6,10H,4,7-9H2,1-3H3,(H2,16,17,18);1H. The molecular weight excluding hydrogens is 356 g/mol. The van der Waals surface area contributed by atoms with Gasteiger partial charge in [-0.05, 0) is 43.0 Å². The third-order valence-corrected chi connectivity index (χ3v) is 2.76. The number of aliphatic imine (C=N–C) groups is 1. The van der Waals surface area contributed by atoms with E-state index >= 15 is 0 Å². The number of halogens is 2. The zero-order valence-corrected chi connectivity index (χ0v) is 14.1. The van der Waals surface area contributed by atoms with Crippen molar-refractivity contribution >= 4 is 29.9 Å². The fourth-order valence-electron chi connectivity index (χ4n) is 1.72. The number of hydrogen-bond acceptors (Lipinski definition) is 1. The van der Waals surface area contributed by atoms with E-state index in [1.54, 1.807) is 13.1 Å². The molecule has 0 fully saturated rings. The third kappa shape index (κ3) is 6.75. The molecule has 1 rings (SSSR count). The minimum absolute atomic E-state index is 0. The van der Waals surface area contributed by atoms with Crippen LogP contribution in [-0.4, -0.2) is 26.1 Å². The smallest absolute Gasteiger partial charge is 0.190 e. The molecule has 0 aliphatic rings. The minimum Gasteiger partial charge on any atom is -0.356 e. The van der Waals surface area contributed by atoms with Crippen molar-refractivity contribution in [3.8, 4) is 0 Å². The van der Waals surface area contributed by atoms with Crippen LogP contribution in [0.5, 0.6) is 0 Å². The van der Waals surface area contributed by atoms with E-state index in [1.807, 2.05) is 13.0 Å². The van der Waals surface area contributed by atoms with Gasteiger partial charge in [0.15, 0.2) is 5.96 Å². The molecule has 3 nitrogen and oxygen atoms in total. The van der Waals surface area contributed by atoms with Crippen LogP contribution in [0, 0.1) is 12.7 Å². The molecule has 0 radical (unpaired) electrons. The maximum absolute atomic E-state index is 12.9. The first-order valence-electron chi connectivity index (χ1n) is 6.37. The van der Waals surface area contributed by atoms with Crippen molar-refractivity contribution in [1.82, 2.24) is 10.6 Å². The molecule has 1 aromatic rings. The van der Waals surface area contributed by atoms with Gasteiger partial charge in [0.1, 0.15) is 5.82 Å². The molecule has 0 aromatic heterocycles. The molecule has 0 saturated carbocycles. The SMILES string of the molecule is CCCNC(=NC)NCCc1ccc(F)cc1C.I.